The van der Waals surface area contributed by atoms with E-state index in [2.05, 4.69) is 0 Å². The molecule has 0 aromatic rings. The van der Waals surface area contributed by atoms with E-state index in [0.717, 1.165) is 0 Å². The van der Waals surface area contributed by atoms with E-state index in [9.17, 15) is 10.2 Å². The first kappa shape index (κ1) is 30.4. The normalized spacial score (nSPS) is 37.5. The van der Waals surface area contributed by atoms with Crippen LogP contribution in [0.4, 0.5) is 0 Å². The van der Waals surface area contributed by atoms with Crippen LogP contribution in [-0.2, 0) is 84.4 Å². The van der Waals surface area contributed by atoms with E-state index in [0.29, 0.717) is 11.1 Å². The Morgan fingerprint density at radius 3 is 1.31 bits per heavy atom. The zero-order valence-corrected chi connectivity index (χ0v) is 22.3. The minimum absolute atomic E-state index is 0. The molecule has 0 saturated carbocycles. The van der Waals surface area contributed by atoms with Crippen molar-refractivity contribution < 1.29 is 105 Å². The first-order valence-electron chi connectivity index (χ1n) is 8.77. The van der Waals surface area contributed by atoms with Gasteiger partial charge in [0.25, 0.3) is 0 Å². The number of ether oxygens (including phenoxy) is 4. The standard InChI is InChI=1S/2C9H14O4.CH4.2Y/c2*1-9(2)12-7-5(4-10)3-6(11)8(7)13-9;;;/h2*3,6-8,10-11H,4H2,1-2H3;1H4;;/t2*6-,7+,8?;;;/m10.../s1. The molecule has 2 aliphatic carbocycles. The minimum Gasteiger partial charge on any atom is -0.392 e. The molecule has 10 heteroatoms. The summed E-state index contributed by atoms with van der Waals surface area (Å²) in [7, 11) is 0. The van der Waals surface area contributed by atoms with E-state index in [4.69, 9.17) is 29.2 Å². The smallest absolute Gasteiger partial charge is 0.164 e. The minimum atomic E-state index is -0.662. The Kier molecular flexibility index (Phi) is 12.0. The number of hydrogen-bond donors (Lipinski definition) is 4. The average molecular weight is 566 g/mol. The molecule has 29 heavy (non-hydrogen) atoms. The fourth-order valence-electron chi connectivity index (χ4n) is 3.75. The third-order valence-electron chi connectivity index (χ3n) is 4.80. The molecule has 6 atom stereocenters. The van der Waals surface area contributed by atoms with Crippen LogP contribution in [0.25, 0.3) is 0 Å². The summed E-state index contributed by atoms with van der Waals surface area (Å²) in [6.45, 7) is 7.02. The Hall–Kier alpha value is 1.37. The van der Waals surface area contributed by atoms with Crippen LogP contribution in [0.5, 0.6) is 0 Å². The SMILES string of the molecule is C.CC1(C)OC2[C@H](O)C=C(CO)[C@@H]2O1.CC1(C)OC2[C@H](O1)C(CO)=C[C@@H]2O.[Y].[Y]. The van der Waals surface area contributed by atoms with Crippen molar-refractivity contribution in [3.8, 4) is 0 Å². The molecular formula is C19H32O8Y2. The van der Waals surface area contributed by atoms with Crippen LogP contribution >= 0.6 is 0 Å². The van der Waals surface area contributed by atoms with Gasteiger partial charge in [-0.1, -0.05) is 7.43 Å². The van der Waals surface area contributed by atoms with Gasteiger partial charge in [0.15, 0.2) is 11.6 Å². The Labute approximate surface area is 222 Å². The van der Waals surface area contributed by atoms with Crippen molar-refractivity contribution in [1.82, 2.24) is 0 Å². The second-order valence-electron chi connectivity index (χ2n) is 7.82. The van der Waals surface area contributed by atoms with Crippen molar-refractivity contribution in [3.63, 3.8) is 0 Å². The van der Waals surface area contributed by atoms with Gasteiger partial charge in [-0.3, -0.25) is 0 Å². The summed E-state index contributed by atoms with van der Waals surface area (Å²) in [5, 5.41) is 37.1. The van der Waals surface area contributed by atoms with Gasteiger partial charge in [-0.15, -0.1) is 0 Å². The van der Waals surface area contributed by atoms with Gasteiger partial charge in [0.05, 0.1) is 13.2 Å². The van der Waals surface area contributed by atoms with Crippen LogP contribution in [-0.4, -0.2) is 81.8 Å². The van der Waals surface area contributed by atoms with Crippen LogP contribution in [0.1, 0.15) is 35.1 Å². The molecule has 0 bridgehead atoms. The summed E-state index contributed by atoms with van der Waals surface area (Å²) >= 11 is 0. The molecule has 4 N–H and O–H groups in total. The van der Waals surface area contributed by atoms with E-state index in [1.807, 2.05) is 0 Å². The second-order valence-corrected chi connectivity index (χ2v) is 7.82. The summed E-state index contributed by atoms with van der Waals surface area (Å²) in [5.41, 5.74) is 1.42. The fraction of sp³-hybridized carbons (Fsp3) is 0.789. The third-order valence-corrected chi connectivity index (χ3v) is 4.80. The maximum atomic E-state index is 9.54. The van der Waals surface area contributed by atoms with Gasteiger partial charge in [0, 0.05) is 65.4 Å². The molecule has 2 aliphatic heterocycles. The number of rotatable bonds is 2. The molecule has 2 heterocycles. The maximum Gasteiger partial charge on any atom is 0.164 e. The number of aliphatic hydroxyl groups excluding tert-OH is 4. The monoisotopic (exact) mass is 566 g/mol. The molecule has 2 saturated heterocycles. The summed E-state index contributed by atoms with van der Waals surface area (Å²) in [6, 6.07) is 0. The van der Waals surface area contributed by atoms with Crippen molar-refractivity contribution in [3.05, 3.63) is 23.3 Å². The topological polar surface area (TPSA) is 118 Å². The fourth-order valence-corrected chi connectivity index (χ4v) is 3.75. The molecule has 0 amide bonds. The van der Waals surface area contributed by atoms with Crippen LogP contribution < -0.4 is 0 Å². The van der Waals surface area contributed by atoms with E-state index in [1.165, 1.54) is 0 Å². The summed E-state index contributed by atoms with van der Waals surface area (Å²) in [6.07, 6.45) is 0.622. The quantitative estimate of drug-likeness (QED) is 0.352. The summed E-state index contributed by atoms with van der Waals surface area (Å²) in [4.78, 5) is 0. The van der Waals surface area contributed by atoms with Crippen molar-refractivity contribution in [2.24, 2.45) is 0 Å². The van der Waals surface area contributed by atoms with Crippen LogP contribution in [0.15, 0.2) is 23.3 Å². The Morgan fingerprint density at radius 1 is 0.724 bits per heavy atom. The molecule has 0 spiro atoms. The molecule has 162 valence electrons. The van der Waals surface area contributed by atoms with Gasteiger partial charge < -0.3 is 39.4 Å². The summed E-state index contributed by atoms with van der Waals surface area (Å²) in [5.74, 6) is -1.32. The van der Waals surface area contributed by atoms with Crippen molar-refractivity contribution >= 4 is 0 Å². The van der Waals surface area contributed by atoms with Crippen LogP contribution in [0, 0.1) is 0 Å². The zero-order valence-electron chi connectivity index (χ0n) is 16.6. The molecule has 4 rings (SSSR count). The molecule has 2 radical (unpaired) electrons. The van der Waals surface area contributed by atoms with Crippen molar-refractivity contribution in [1.29, 1.82) is 0 Å². The largest absolute Gasteiger partial charge is 0.392 e. The van der Waals surface area contributed by atoms with Gasteiger partial charge >= 0.3 is 0 Å². The molecule has 0 aromatic carbocycles. The Morgan fingerprint density at radius 2 is 1.03 bits per heavy atom. The van der Waals surface area contributed by atoms with E-state index < -0.39 is 23.8 Å². The predicted molar refractivity (Wildman–Crippen MR) is 96.7 cm³/mol. The van der Waals surface area contributed by atoms with Crippen molar-refractivity contribution in [2.45, 2.75) is 83.3 Å². The van der Waals surface area contributed by atoms with Gasteiger partial charge in [0.2, 0.25) is 0 Å². The Balaban J connectivity index is 0.000000490. The van der Waals surface area contributed by atoms with E-state index in [-0.39, 0.29) is 110 Å². The Bertz CT molecular complexity index is 555. The second kappa shape index (κ2) is 11.5. The van der Waals surface area contributed by atoms with E-state index >= 15 is 0 Å². The van der Waals surface area contributed by atoms with Gasteiger partial charge in [-0.05, 0) is 51.0 Å². The molecule has 2 fully saturated rings. The maximum absolute atomic E-state index is 9.54. The molecular weight excluding hydrogens is 534 g/mol. The third kappa shape index (κ3) is 6.68. The summed E-state index contributed by atoms with van der Waals surface area (Å²) < 4.78 is 22.0. The molecule has 4 aliphatic rings. The van der Waals surface area contributed by atoms with Gasteiger partial charge in [-0.25, -0.2) is 0 Å². The van der Waals surface area contributed by atoms with Gasteiger partial charge in [0.1, 0.15) is 36.6 Å². The van der Waals surface area contributed by atoms with Crippen LogP contribution in [0.3, 0.4) is 0 Å². The number of aliphatic hydroxyl groups is 4. The van der Waals surface area contributed by atoms with Crippen molar-refractivity contribution in [2.75, 3.05) is 13.2 Å². The first-order chi connectivity index (χ1) is 12.1. The predicted octanol–water partition coefficient (Wildman–Crippen LogP) is 0.230. The van der Waals surface area contributed by atoms with Gasteiger partial charge in [-0.2, -0.15) is 0 Å². The molecule has 2 unspecified atom stereocenters. The first-order valence-corrected chi connectivity index (χ1v) is 8.77. The molecule has 8 nitrogen and oxygen atoms in total. The van der Waals surface area contributed by atoms with Crippen LogP contribution in [0.2, 0.25) is 0 Å². The average Bonchev–Trinajstić information content (AvgIpc) is 3.21. The zero-order chi connectivity index (χ0) is 19.3. The molecule has 0 aromatic heterocycles. The number of hydrogen-bond acceptors (Lipinski definition) is 8. The van der Waals surface area contributed by atoms with E-state index in [1.54, 1.807) is 39.8 Å². The number of fused-ring (bicyclic) bond motifs is 2.